The third-order valence-electron chi connectivity index (χ3n) is 5.80. The van der Waals surface area contributed by atoms with Crippen LogP contribution in [-0.4, -0.2) is 53.2 Å². The third kappa shape index (κ3) is 4.69. The molecule has 1 aliphatic rings. The Morgan fingerprint density at radius 1 is 1.22 bits per heavy atom. The summed E-state index contributed by atoms with van der Waals surface area (Å²) in [5, 5.41) is 5.81. The zero-order chi connectivity index (χ0) is 22.8. The van der Waals surface area contributed by atoms with Crippen molar-refractivity contribution in [2.24, 2.45) is 5.92 Å². The Hall–Kier alpha value is -2.77. The number of likely N-dealkylation sites (tertiary alicyclic amines) is 1. The second-order valence-corrected chi connectivity index (χ2v) is 8.73. The van der Waals surface area contributed by atoms with Crippen LogP contribution in [-0.2, 0) is 11.3 Å². The fourth-order valence-corrected chi connectivity index (χ4v) is 4.24. The largest absolute Gasteiger partial charge is 0.385 e. The van der Waals surface area contributed by atoms with Crippen LogP contribution in [0.5, 0.6) is 0 Å². The monoisotopic (exact) mass is 457 g/mol. The van der Waals surface area contributed by atoms with E-state index in [1.165, 1.54) is 12.1 Å². The Labute approximate surface area is 190 Å². The minimum Gasteiger partial charge on any atom is -0.385 e. The maximum Gasteiger partial charge on any atom is 0.256 e. The number of aromatic nitrogens is 2. The van der Waals surface area contributed by atoms with Crippen LogP contribution in [0.25, 0.3) is 10.9 Å². The molecule has 0 spiro atoms. The van der Waals surface area contributed by atoms with Crippen molar-refractivity contribution in [3.05, 3.63) is 64.1 Å². The lowest BCUT2D eigenvalue weighted by atomic mass is 9.98. The number of ketones is 1. The third-order valence-corrected chi connectivity index (χ3v) is 6.04. The van der Waals surface area contributed by atoms with Crippen LogP contribution >= 0.6 is 11.6 Å². The molecule has 0 N–H and O–H groups in total. The summed E-state index contributed by atoms with van der Waals surface area (Å²) in [5.74, 6) is -0.586. The Balaban J connectivity index is 1.39. The molecule has 1 fully saturated rings. The Morgan fingerprint density at radius 2 is 2.00 bits per heavy atom. The number of hydrogen-bond donors (Lipinski definition) is 0. The van der Waals surface area contributed by atoms with E-state index in [1.54, 1.807) is 12.0 Å². The van der Waals surface area contributed by atoms with E-state index in [-0.39, 0.29) is 28.2 Å². The fourth-order valence-electron chi connectivity index (χ4n) is 4.08. The first kappa shape index (κ1) is 22.4. The van der Waals surface area contributed by atoms with Gasteiger partial charge in [-0.2, -0.15) is 5.10 Å². The highest BCUT2D eigenvalue weighted by Crippen LogP contribution is 2.25. The molecule has 2 aromatic carbocycles. The molecule has 1 aliphatic heterocycles. The summed E-state index contributed by atoms with van der Waals surface area (Å²) in [6.07, 6.45) is 3.08. The van der Waals surface area contributed by atoms with Gasteiger partial charge in [-0.25, -0.2) is 4.39 Å². The van der Waals surface area contributed by atoms with Gasteiger partial charge in [-0.1, -0.05) is 11.6 Å². The molecule has 6 nitrogen and oxygen atoms in total. The number of aryl methyl sites for hydroxylation is 1. The van der Waals surface area contributed by atoms with E-state index in [9.17, 15) is 14.0 Å². The number of carbonyl (C=O) groups excluding carboxylic acids is 2. The smallest absolute Gasteiger partial charge is 0.256 e. The van der Waals surface area contributed by atoms with Crippen LogP contribution in [0.4, 0.5) is 4.39 Å². The highest BCUT2D eigenvalue weighted by Gasteiger charge is 2.32. The number of ether oxygens (including phenoxy) is 1. The van der Waals surface area contributed by atoms with Gasteiger partial charge in [0.2, 0.25) is 0 Å². The summed E-state index contributed by atoms with van der Waals surface area (Å²) >= 11 is 5.76. The van der Waals surface area contributed by atoms with Crippen LogP contribution in [0.15, 0.2) is 36.5 Å². The molecule has 1 amide bonds. The molecule has 0 aliphatic carbocycles. The molecular formula is C24H25ClFN3O3. The van der Waals surface area contributed by atoms with Gasteiger partial charge in [0, 0.05) is 67.9 Å². The quantitative estimate of drug-likeness (QED) is 0.368. The summed E-state index contributed by atoms with van der Waals surface area (Å²) in [5.41, 5.74) is 2.51. The van der Waals surface area contributed by atoms with Gasteiger partial charge in [0.05, 0.1) is 11.1 Å². The predicted molar refractivity (Wildman–Crippen MR) is 121 cm³/mol. The molecule has 1 saturated heterocycles. The lowest BCUT2D eigenvalue weighted by molar-refractivity contribution is 0.0457. The molecule has 0 saturated carbocycles. The summed E-state index contributed by atoms with van der Waals surface area (Å²) in [7, 11) is 1.63. The first-order valence-electron chi connectivity index (χ1n) is 10.6. The molecule has 0 atom stereocenters. The molecule has 8 heteroatoms. The second kappa shape index (κ2) is 9.38. The van der Waals surface area contributed by atoms with Gasteiger partial charge in [-0.05, 0) is 49.2 Å². The average Bonchev–Trinajstić information content (AvgIpc) is 3.10. The molecule has 1 aromatic heterocycles. The van der Waals surface area contributed by atoms with E-state index in [1.807, 2.05) is 29.9 Å². The van der Waals surface area contributed by atoms with Crippen LogP contribution in [0.2, 0.25) is 5.02 Å². The lowest BCUT2D eigenvalue weighted by Crippen LogP contribution is -2.51. The van der Waals surface area contributed by atoms with Crippen LogP contribution < -0.4 is 0 Å². The summed E-state index contributed by atoms with van der Waals surface area (Å²) in [4.78, 5) is 26.7. The highest BCUT2D eigenvalue weighted by molar-refractivity contribution is 6.30. The standard InChI is InChI=1S/C24H25ClFN3O3/c1-15-8-22-17(9-20(15)23(30)4-3-7-32-2)14-29(27-22)13-16-11-28(12-16)24(31)19-6-5-18(25)10-21(19)26/h5-6,8-10,14,16H,3-4,7,11-13H2,1-2H3. The van der Waals surface area contributed by atoms with E-state index in [0.717, 1.165) is 28.1 Å². The number of carbonyl (C=O) groups is 2. The Kier molecular flexibility index (Phi) is 6.58. The first-order chi connectivity index (χ1) is 15.4. The van der Waals surface area contributed by atoms with Gasteiger partial charge < -0.3 is 9.64 Å². The van der Waals surface area contributed by atoms with Gasteiger partial charge >= 0.3 is 0 Å². The summed E-state index contributed by atoms with van der Waals surface area (Å²) in [6.45, 7) is 4.22. The summed E-state index contributed by atoms with van der Waals surface area (Å²) in [6, 6.07) is 7.94. The number of Topliss-reactive ketones (excluding diaryl/α,β-unsaturated/α-hetero) is 1. The summed E-state index contributed by atoms with van der Waals surface area (Å²) < 4.78 is 20.9. The Morgan fingerprint density at radius 3 is 2.72 bits per heavy atom. The maximum atomic E-state index is 14.0. The molecule has 168 valence electrons. The topological polar surface area (TPSA) is 64.4 Å². The van der Waals surface area contributed by atoms with E-state index in [2.05, 4.69) is 5.10 Å². The highest BCUT2D eigenvalue weighted by atomic mass is 35.5. The minimum atomic E-state index is -0.604. The molecule has 2 heterocycles. The van der Waals surface area contributed by atoms with Crippen molar-refractivity contribution in [1.29, 1.82) is 0 Å². The van der Waals surface area contributed by atoms with Crippen molar-refractivity contribution in [2.75, 3.05) is 26.8 Å². The second-order valence-electron chi connectivity index (χ2n) is 8.30. The fraction of sp³-hybridized carbons (Fsp3) is 0.375. The lowest BCUT2D eigenvalue weighted by Gasteiger charge is -2.39. The molecule has 0 unspecified atom stereocenters. The van der Waals surface area contributed by atoms with E-state index in [0.29, 0.717) is 39.1 Å². The van der Waals surface area contributed by atoms with Crippen LogP contribution in [0, 0.1) is 18.7 Å². The van der Waals surface area contributed by atoms with E-state index >= 15 is 0 Å². The van der Waals surface area contributed by atoms with Crippen LogP contribution in [0.1, 0.15) is 39.1 Å². The SMILES string of the molecule is COCCCC(=O)c1cc2cn(CC3CN(C(=O)c4ccc(Cl)cc4F)C3)nc2cc1C. The average molecular weight is 458 g/mol. The van der Waals surface area contributed by atoms with Gasteiger partial charge in [-0.3, -0.25) is 14.3 Å². The van der Waals surface area contributed by atoms with Gasteiger partial charge in [0.25, 0.3) is 5.91 Å². The van der Waals surface area contributed by atoms with Crippen molar-refractivity contribution in [2.45, 2.75) is 26.3 Å². The molecule has 3 aromatic rings. The predicted octanol–water partition coefficient (Wildman–Crippen LogP) is 4.52. The number of nitrogens with zero attached hydrogens (tertiary/aromatic N) is 3. The number of methoxy groups -OCH3 is 1. The van der Waals surface area contributed by atoms with Gasteiger partial charge in [-0.15, -0.1) is 0 Å². The normalized spacial score (nSPS) is 14.1. The van der Waals surface area contributed by atoms with Gasteiger partial charge in [0.1, 0.15) is 5.82 Å². The van der Waals surface area contributed by atoms with Crippen molar-refractivity contribution in [3.63, 3.8) is 0 Å². The van der Waals surface area contributed by atoms with Crippen molar-refractivity contribution < 1.29 is 18.7 Å². The Bertz CT molecular complexity index is 1170. The van der Waals surface area contributed by atoms with E-state index in [4.69, 9.17) is 16.3 Å². The number of fused-ring (bicyclic) bond motifs is 1. The van der Waals surface area contributed by atoms with Crippen molar-refractivity contribution in [3.8, 4) is 0 Å². The van der Waals surface area contributed by atoms with Gasteiger partial charge in [0.15, 0.2) is 5.78 Å². The number of halogens is 2. The molecule has 4 rings (SSSR count). The molecule has 32 heavy (non-hydrogen) atoms. The minimum absolute atomic E-state index is 0.0378. The van der Waals surface area contributed by atoms with Crippen molar-refractivity contribution in [1.82, 2.24) is 14.7 Å². The molecule has 0 bridgehead atoms. The first-order valence-corrected chi connectivity index (χ1v) is 11.0. The number of benzene rings is 2. The number of rotatable bonds is 8. The number of hydrogen-bond acceptors (Lipinski definition) is 4. The zero-order valence-corrected chi connectivity index (χ0v) is 18.9. The van der Waals surface area contributed by atoms with Crippen LogP contribution in [0.3, 0.4) is 0 Å². The molecule has 0 radical (unpaired) electrons. The number of amides is 1. The molecular weight excluding hydrogens is 433 g/mol. The van der Waals surface area contributed by atoms with E-state index < -0.39 is 5.82 Å². The zero-order valence-electron chi connectivity index (χ0n) is 18.1. The maximum absolute atomic E-state index is 14.0. The van der Waals surface area contributed by atoms with Crippen molar-refractivity contribution >= 4 is 34.2 Å².